The van der Waals surface area contributed by atoms with E-state index in [4.69, 9.17) is 5.73 Å². The largest absolute Gasteiger partial charge is 0.416 e. The summed E-state index contributed by atoms with van der Waals surface area (Å²) >= 11 is 0. The van der Waals surface area contributed by atoms with Gasteiger partial charge in [-0.2, -0.15) is 17.6 Å². The van der Waals surface area contributed by atoms with Crippen LogP contribution in [0.15, 0.2) is 48.8 Å². The average molecular weight is 488 g/mol. The Morgan fingerprint density at radius 1 is 1.11 bits per heavy atom. The van der Waals surface area contributed by atoms with Gasteiger partial charge in [-0.25, -0.2) is 9.97 Å². The van der Waals surface area contributed by atoms with Crippen molar-refractivity contribution in [3.8, 4) is 0 Å². The first-order valence-electron chi connectivity index (χ1n) is 11.2. The van der Waals surface area contributed by atoms with E-state index < -0.39 is 23.5 Å². The summed E-state index contributed by atoms with van der Waals surface area (Å²) in [5.74, 6) is -0.889. The normalized spacial score (nSPS) is 13.5. The number of rotatable bonds is 9. The highest BCUT2D eigenvalue weighted by atomic mass is 19.4. The van der Waals surface area contributed by atoms with Crippen LogP contribution in [-0.2, 0) is 30.5 Å². The van der Waals surface area contributed by atoms with E-state index in [0.717, 1.165) is 36.1 Å². The van der Waals surface area contributed by atoms with E-state index in [1.807, 2.05) is 12.1 Å². The monoisotopic (exact) mass is 487 g/mol. The Kier molecular flexibility index (Phi) is 6.90. The van der Waals surface area contributed by atoms with Crippen LogP contribution in [0.2, 0.25) is 0 Å². The van der Waals surface area contributed by atoms with Crippen LogP contribution in [0, 0.1) is 12.7 Å². The van der Waals surface area contributed by atoms with Gasteiger partial charge in [0.05, 0.1) is 12.0 Å². The third-order valence-corrected chi connectivity index (χ3v) is 5.90. The number of nitrogens with one attached hydrogen (secondary N) is 1. The van der Waals surface area contributed by atoms with E-state index in [1.165, 1.54) is 12.4 Å². The maximum Gasteiger partial charge on any atom is 0.416 e. The predicted molar refractivity (Wildman–Crippen MR) is 124 cm³/mol. The summed E-state index contributed by atoms with van der Waals surface area (Å²) in [7, 11) is 0. The predicted octanol–water partition coefficient (Wildman–Crippen LogP) is 4.75. The second kappa shape index (κ2) is 9.89. The Bertz CT molecular complexity index is 1210. The molecule has 1 heterocycles. The van der Waals surface area contributed by atoms with Crippen molar-refractivity contribution in [2.75, 3.05) is 10.2 Å². The van der Waals surface area contributed by atoms with Gasteiger partial charge in [0, 0.05) is 19.1 Å². The van der Waals surface area contributed by atoms with Gasteiger partial charge in [0.25, 0.3) is 0 Å². The molecule has 0 atom stereocenters. The third-order valence-electron chi connectivity index (χ3n) is 5.90. The number of nitrogens with two attached hydrogens (primary N) is 1. The number of nitrogens with zero attached hydrogens (tertiary/aromatic N) is 3. The van der Waals surface area contributed by atoms with Gasteiger partial charge in [-0.1, -0.05) is 30.3 Å². The Hall–Kier alpha value is -3.69. The number of aryl methyl sites for hydroxylation is 1. The lowest BCUT2D eigenvalue weighted by atomic mass is 10.0. The number of carbonyl (C=O) groups excluding carboxylic acids is 1. The quantitative estimate of drug-likeness (QED) is 0.426. The van der Waals surface area contributed by atoms with Crippen LogP contribution in [0.1, 0.15) is 40.7 Å². The molecule has 3 aromatic rings. The van der Waals surface area contributed by atoms with Crippen LogP contribution in [-0.4, -0.2) is 21.9 Å². The van der Waals surface area contributed by atoms with Gasteiger partial charge in [0.1, 0.15) is 6.33 Å². The molecule has 1 aliphatic carbocycles. The number of carbonyl (C=O) groups is 1. The van der Waals surface area contributed by atoms with Gasteiger partial charge in [-0.15, -0.1) is 0 Å². The smallest absolute Gasteiger partial charge is 0.369 e. The van der Waals surface area contributed by atoms with Crippen molar-refractivity contribution in [3.05, 3.63) is 82.4 Å². The molecular weight excluding hydrogens is 462 g/mol. The highest BCUT2D eigenvalue weighted by Gasteiger charge is 2.34. The van der Waals surface area contributed by atoms with E-state index in [-0.39, 0.29) is 30.6 Å². The van der Waals surface area contributed by atoms with E-state index in [9.17, 15) is 18.0 Å². The lowest BCUT2D eigenvalue weighted by molar-refractivity contribution is -0.137. The van der Waals surface area contributed by atoms with Crippen LogP contribution in [0.25, 0.3) is 0 Å². The molecule has 3 N–H and O–H groups in total. The Balaban J connectivity index is 1.50. The number of hydrogen-bond donors (Lipinski definition) is 2. The van der Waals surface area contributed by atoms with Crippen molar-refractivity contribution in [1.29, 1.82) is 0 Å². The SMILES string of the molecule is Cc1cc(C(F)(F)F)ccc1CN(c1ncnc(NCc2ccc(CC(N)=O)cc2)c1F)C1CC1. The Morgan fingerprint density at radius 3 is 2.40 bits per heavy atom. The summed E-state index contributed by atoms with van der Waals surface area (Å²) < 4.78 is 54.5. The van der Waals surface area contributed by atoms with Crippen LogP contribution in [0.4, 0.5) is 29.2 Å². The van der Waals surface area contributed by atoms with Crippen molar-refractivity contribution >= 4 is 17.5 Å². The molecule has 0 unspecified atom stereocenters. The van der Waals surface area contributed by atoms with Gasteiger partial charge in [-0.3, -0.25) is 4.79 Å². The lowest BCUT2D eigenvalue weighted by Crippen LogP contribution is -2.28. The average Bonchev–Trinajstić information content (AvgIpc) is 3.63. The first-order valence-corrected chi connectivity index (χ1v) is 11.2. The van der Waals surface area contributed by atoms with E-state index >= 15 is 4.39 Å². The van der Waals surface area contributed by atoms with Crippen LogP contribution in [0.3, 0.4) is 0 Å². The van der Waals surface area contributed by atoms with Crippen molar-refractivity contribution in [1.82, 2.24) is 9.97 Å². The maximum atomic E-state index is 15.4. The fourth-order valence-corrected chi connectivity index (χ4v) is 3.84. The van der Waals surface area contributed by atoms with E-state index in [1.54, 1.807) is 24.0 Å². The molecule has 1 amide bonds. The van der Waals surface area contributed by atoms with Crippen molar-refractivity contribution in [2.24, 2.45) is 5.73 Å². The van der Waals surface area contributed by atoms with Crippen molar-refractivity contribution in [2.45, 2.75) is 51.5 Å². The summed E-state index contributed by atoms with van der Waals surface area (Å²) in [5, 5.41) is 2.97. The topological polar surface area (TPSA) is 84.1 Å². The third kappa shape index (κ3) is 6.06. The number of alkyl halides is 3. The van der Waals surface area contributed by atoms with E-state index in [2.05, 4.69) is 15.3 Å². The molecule has 184 valence electrons. The number of anilines is 2. The van der Waals surface area contributed by atoms with Crippen LogP contribution >= 0.6 is 0 Å². The summed E-state index contributed by atoms with van der Waals surface area (Å²) in [5.41, 5.74) is 7.30. The molecule has 1 aliphatic rings. The zero-order valence-electron chi connectivity index (χ0n) is 19.1. The fraction of sp³-hybridized carbons (Fsp3) is 0.320. The molecule has 10 heteroatoms. The van der Waals surface area contributed by atoms with Crippen LogP contribution < -0.4 is 16.0 Å². The number of amides is 1. The van der Waals surface area contributed by atoms with Gasteiger partial charge in [0.15, 0.2) is 11.6 Å². The molecule has 35 heavy (non-hydrogen) atoms. The highest BCUT2D eigenvalue weighted by molar-refractivity contribution is 5.76. The molecule has 0 saturated heterocycles. The second-order valence-corrected chi connectivity index (χ2v) is 8.67. The summed E-state index contributed by atoms with van der Waals surface area (Å²) in [4.78, 5) is 21.0. The van der Waals surface area contributed by atoms with Crippen LogP contribution in [0.5, 0.6) is 0 Å². The second-order valence-electron chi connectivity index (χ2n) is 8.67. The molecule has 4 rings (SSSR count). The van der Waals surface area contributed by atoms with Crippen molar-refractivity contribution in [3.63, 3.8) is 0 Å². The van der Waals surface area contributed by atoms with Crippen molar-refractivity contribution < 1.29 is 22.4 Å². The summed E-state index contributed by atoms with van der Waals surface area (Å²) in [6.45, 7) is 2.16. The number of hydrogen-bond acceptors (Lipinski definition) is 5. The molecule has 1 fully saturated rings. The zero-order valence-corrected chi connectivity index (χ0v) is 19.1. The van der Waals surface area contributed by atoms with Gasteiger partial charge >= 0.3 is 6.18 Å². The molecule has 2 aromatic carbocycles. The molecular formula is C25H25F4N5O. The number of aromatic nitrogens is 2. The number of primary amides is 1. The van der Waals surface area contributed by atoms with E-state index in [0.29, 0.717) is 17.7 Å². The fourth-order valence-electron chi connectivity index (χ4n) is 3.84. The highest BCUT2D eigenvalue weighted by Crippen LogP contribution is 2.36. The molecule has 0 radical (unpaired) electrons. The minimum absolute atomic E-state index is 0.0333. The minimum Gasteiger partial charge on any atom is -0.369 e. The Morgan fingerprint density at radius 2 is 1.80 bits per heavy atom. The minimum atomic E-state index is -4.42. The molecule has 1 saturated carbocycles. The molecule has 1 aromatic heterocycles. The lowest BCUT2D eigenvalue weighted by Gasteiger charge is -2.25. The first kappa shape index (κ1) is 24.4. The number of halogens is 4. The standard InChI is InChI=1S/C25H25F4N5O/c1-15-10-19(25(27,28)29)7-6-18(15)13-34(20-8-9-20)24-22(26)23(32-14-33-24)31-12-17-4-2-16(3-5-17)11-21(30)35/h2-7,10,14,20H,8-9,11-13H2,1H3,(H2,30,35)(H,31,32,33). The van der Waals surface area contributed by atoms with Gasteiger partial charge in [0.2, 0.25) is 11.7 Å². The van der Waals surface area contributed by atoms with Gasteiger partial charge in [-0.05, 0) is 54.2 Å². The first-order chi connectivity index (χ1) is 16.6. The molecule has 6 nitrogen and oxygen atoms in total. The maximum absolute atomic E-state index is 15.4. The summed E-state index contributed by atoms with van der Waals surface area (Å²) in [6, 6.07) is 10.9. The molecule has 0 aliphatic heterocycles. The van der Waals surface area contributed by atoms with Gasteiger partial charge < -0.3 is 16.0 Å². The Labute approximate surface area is 200 Å². The molecule has 0 bridgehead atoms. The number of benzene rings is 2. The summed E-state index contributed by atoms with van der Waals surface area (Å²) in [6.07, 6.45) is -1.30. The molecule has 0 spiro atoms. The zero-order chi connectivity index (χ0) is 25.2.